The molecule has 0 atom stereocenters. The zero-order chi connectivity index (χ0) is 16.9. The molecule has 1 aromatic heterocycles. The molecule has 1 amide bonds. The predicted molar refractivity (Wildman–Crippen MR) is 98.3 cm³/mol. The topological polar surface area (TPSA) is 42.2 Å². The minimum atomic E-state index is -0.288. The van der Waals surface area contributed by atoms with Gasteiger partial charge in [-0.15, -0.1) is 0 Å². The van der Waals surface area contributed by atoms with Gasteiger partial charge in [0.25, 0.3) is 0 Å². The summed E-state index contributed by atoms with van der Waals surface area (Å²) in [4.78, 5) is 11.9. The van der Waals surface area contributed by atoms with E-state index in [0.717, 1.165) is 5.56 Å². The summed E-state index contributed by atoms with van der Waals surface area (Å²) in [5, 5.41) is 3.84. The van der Waals surface area contributed by atoms with E-state index in [1.165, 1.54) is 6.08 Å². The van der Waals surface area contributed by atoms with Crippen molar-refractivity contribution >= 4 is 40.9 Å². The first-order valence-corrected chi connectivity index (χ1v) is 7.97. The number of nitrogens with one attached hydrogen (secondary N) is 1. The van der Waals surface area contributed by atoms with Crippen molar-refractivity contribution < 1.29 is 9.21 Å². The Balaban J connectivity index is 1.69. The number of benzene rings is 2. The summed E-state index contributed by atoms with van der Waals surface area (Å²) in [6, 6.07) is 18.0. The van der Waals surface area contributed by atoms with Gasteiger partial charge in [-0.25, -0.2) is 0 Å². The molecule has 1 N–H and O–H groups in total. The van der Waals surface area contributed by atoms with Gasteiger partial charge in [0.05, 0.1) is 10.7 Å². The third-order valence-electron chi connectivity index (χ3n) is 3.27. The highest BCUT2D eigenvalue weighted by Gasteiger charge is 2.05. The number of anilines is 1. The number of furan rings is 1. The van der Waals surface area contributed by atoms with E-state index in [0.29, 0.717) is 27.3 Å². The lowest BCUT2D eigenvalue weighted by atomic mass is 10.2. The summed E-state index contributed by atoms with van der Waals surface area (Å²) < 4.78 is 5.70. The summed E-state index contributed by atoms with van der Waals surface area (Å²) in [6.45, 7) is 0. The first kappa shape index (κ1) is 16.4. The van der Waals surface area contributed by atoms with Gasteiger partial charge in [0, 0.05) is 16.7 Å². The highest BCUT2D eigenvalue weighted by molar-refractivity contribution is 6.33. The van der Waals surface area contributed by atoms with Crippen LogP contribution in [0.3, 0.4) is 0 Å². The number of carbonyl (C=O) groups is 1. The molecule has 0 aliphatic rings. The molecule has 0 saturated carbocycles. The van der Waals surface area contributed by atoms with Crippen LogP contribution in [0.5, 0.6) is 0 Å². The van der Waals surface area contributed by atoms with Crippen LogP contribution in [0.2, 0.25) is 10.0 Å². The highest BCUT2D eigenvalue weighted by Crippen LogP contribution is 2.25. The molecule has 0 unspecified atom stereocenters. The van der Waals surface area contributed by atoms with Gasteiger partial charge in [-0.3, -0.25) is 4.79 Å². The van der Waals surface area contributed by atoms with Gasteiger partial charge in [0.2, 0.25) is 5.91 Å². The molecule has 120 valence electrons. The van der Waals surface area contributed by atoms with Gasteiger partial charge in [-0.2, -0.15) is 0 Å². The van der Waals surface area contributed by atoms with E-state index in [1.54, 1.807) is 42.5 Å². The molecule has 0 bridgehead atoms. The molecule has 24 heavy (non-hydrogen) atoms. The van der Waals surface area contributed by atoms with Crippen molar-refractivity contribution in [3.63, 3.8) is 0 Å². The number of para-hydroxylation sites is 1. The summed E-state index contributed by atoms with van der Waals surface area (Å²) >= 11 is 12.0. The lowest BCUT2D eigenvalue weighted by molar-refractivity contribution is -0.111. The fourth-order valence-electron chi connectivity index (χ4n) is 2.13. The maximum absolute atomic E-state index is 11.9. The van der Waals surface area contributed by atoms with Crippen LogP contribution in [0, 0.1) is 0 Å². The molecule has 0 spiro atoms. The van der Waals surface area contributed by atoms with Gasteiger partial charge in [0.15, 0.2) is 0 Å². The maximum atomic E-state index is 11.9. The molecule has 0 aliphatic heterocycles. The Labute approximate surface area is 149 Å². The molecule has 5 heteroatoms. The van der Waals surface area contributed by atoms with E-state index in [-0.39, 0.29) is 5.91 Å². The number of rotatable bonds is 4. The average Bonchev–Trinajstić information content (AvgIpc) is 3.04. The molecular formula is C19H13Cl2NO2. The molecule has 3 rings (SSSR count). The third-order valence-corrected chi connectivity index (χ3v) is 3.83. The summed E-state index contributed by atoms with van der Waals surface area (Å²) in [7, 11) is 0. The molecule has 0 saturated heterocycles. The SMILES string of the molecule is O=C(/C=C/c1ccc(-c2cccc(Cl)c2)o1)Nc1ccccc1Cl. The minimum absolute atomic E-state index is 0.288. The smallest absolute Gasteiger partial charge is 0.248 e. The summed E-state index contributed by atoms with van der Waals surface area (Å²) in [5.41, 5.74) is 1.44. The average molecular weight is 358 g/mol. The Morgan fingerprint density at radius 1 is 1.00 bits per heavy atom. The molecule has 1 heterocycles. The molecule has 0 aliphatic carbocycles. The van der Waals surface area contributed by atoms with Crippen molar-refractivity contribution in [2.24, 2.45) is 0 Å². The van der Waals surface area contributed by atoms with Crippen LogP contribution >= 0.6 is 23.2 Å². The number of carbonyl (C=O) groups excluding carboxylic acids is 1. The zero-order valence-corrected chi connectivity index (χ0v) is 14.0. The number of hydrogen-bond donors (Lipinski definition) is 1. The van der Waals surface area contributed by atoms with E-state index in [2.05, 4.69) is 5.32 Å². The van der Waals surface area contributed by atoms with Gasteiger partial charge >= 0.3 is 0 Å². The number of halogens is 2. The Bertz CT molecular complexity index is 900. The molecule has 0 radical (unpaired) electrons. The second-order valence-corrected chi connectivity index (χ2v) is 5.86. The van der Waals surface area contributed by atoms with Crippen LogP contribution in [0.4, 0.5) is 5.69 Å². The quantitative estimate of drug-likeness (QED) is 0.590. The largest absolute Gasteiger partial charge is 0.457 e. The number of amides is 1. The van der Waals surface area contributed by atoms with E-state index < -0.39 is 0 Å². The van der Waals surface area contributed by atoms with Crippen LogP contribution in [0.1, 0.15) is 5.76 Å². The fourth-order valence-corrected chi connectivity index (χ4v) is 2.51. The predicted octanol–water partition coefficient (Wildman–Crippen LogP) is 5.91. The van der Waals surface area contributed by atoms with Crippen LogP contribution in [-0.4, -0.2) is 5.91 Å². The highest BCUT2D eigenvalue weighted by atomic mass is 35.5. The van der Waals surface area contributed by atoms with E-state index in [9.17, 15) is 4.79 Å². The monoisotopic (exact) mass is 357 g/mol. The Hall–Kier alpha value is -2.49. The molecule has 3 nitrogen and oxygen atoms in total. The second-order valence-electron chi connectivity index (χ2n) is 5.01. The number of hydrogen-bond acceptors (Lipinski definition) is 2. The van der Waals surface area contributed by atoms with Crippen LogP contribution in [-0.2, 0) is 4.79 Å². The van der Waals surface area contributed by atoms with E-state index >= 15 is 0 Å². The molecule has 0 fully saturated rings. The van der Waals surface area contributed by atoms with E-state index in [4.69, 9.17) is 27.6 Å². The summed E-state index contributed by atoms with van der Waals surface area (Å²) in [5.74, 6) is 0.965. The Kier molecular flexibility index (Phi) is 5.04. The Morgan fingerprint density at radius 3 is 2.62 bits per heavy atom. The summed E-state index contributed by atoms with van der Waals surface area (Å²) in [6.07, 6.45) is 2.99. The van der Waals surface area contributed by atoms with Crippen molar-refractivity contribution in [3.8, 4) is 11.3 Å². The minimum Gasteiger partial charge on any atom is -0.457 e. The lowest BCUT2D eigenvalue weighted by Crippen LogP contribution is -2.07. The molecule has 2 aromatic carbocycles. The zero-order valence-electron chi connectivity index (χ0n) is 12.5. The first-order chi connectivity index (χ1) is 11.6. The normalized spacial score (nSPS) is 10.9. The standard InChI is InChI=1S/C19H13Cl2NO2/c20-14-5-3-4-13(12-14)18-10-8-15(24-18)9-11-19(23)22-17-7-2-1-6-16(17)21/h1-12H,(H,22,23)/b11-9+. The lowest BCUT2D eigenvalue weighted by Gasteiger charge is -2.03. The van der Waals surface area contributed by atoms with Crippen molar-refractivity contribution in [2.45, 2.75) is 0 Å². The van der Waals surface area contributed by atoms with Gasteiger partial charge < -0.3 is 9.73 Å². The van der Waals surface area contributed by atoms with Crippen molar-refractivity contribution in [2.75, 3.05) is 5.32 Å². The van der Waals surface area contributed by atoms with Crippen molar-refractivity contribution in [1.29, 1.82) is 0 Å². The van der Waals surface area contributed by atoms with Crippen LogP contribution in [0.25, 0.3) is 17.4 Å². The van der Waals surface area contributed by atoms with E-state index in [1.807, 2.05) is 24.3 Å². The third kappa shape index (κ3) is 4.07. The fraction of sp³-hybridized carbons (Fsp3) is 0. The molecular weight excluding hydrogens is 345 g/mol. The second kappa shape index (κ2) is 7.39. The van der Waals surface area contributed by atoms with Crippen LogP contribution in [0.15, 0.2) is 71.2 Å². The van der Waals surface area contributed by atoms with Gasteiger partial charge in [-0.1, -0.05) is 47.5 Å². The first-order valence-electron chi connectivity index (χ1n) is 7.21. The van der Waals surface area contributed by atoms with Gasteiger partial charge in [-0.05, 0) is 42.5 Å². The Morgan fingerprint density at radius 2 is 1.83 bits per heavy atom. The maximum Gasteiger partial charge on any atom is 0.248 e. The van der Waals surface area contributed by atoms with Crippen molar-refractivity contribution in [1.82, 2.24) is 0 Å². The van der Waals surface area contributed by atoms with Crippen LogP contribution < -0.4 is 5.32 Å². The molecule has 3 aromatic rings. The van der Waals surface area contributed by atoms with Gasteiger partial charge in [0.1, 0.15) is 11.5 Å². The van der Waals surface area contributed by atoms with Crippen molar-refractivity contribution in [3.05, 3.63) is 82.5 Å².